The predicted octanol–water partition coefficient (Wildman–Crippen LogP) is 4.43. The molecule has 1 unspecified atom stereocenters. The van der Waals surface area contributed by atoms with E-state index >= 15 is 0 Å². The maximum atomic E-state index is 12.5. The van der Waals surface area contributed by atoms with Crippen LogP contribution in [0.2, 0.25) is 0 Å². The van der Waals surface area contributed by atoms with Crippen molar-refractivity contribution in [2.45, 2.75) is 53.2 Å². The smallest absolute Gasteiger partial charge is 0.323 e. The molecule has 0 aliphatic heterocycles. The molecule has 0 aromatic heterocycles. The average molecular weight is 317 g/mol. The molecule has 1 rings (SSSR count). The second-order valence-corrected chi connectivity index (χ2v) is 6.47. The molecule has 1 aromatic carbocycles. The van der Waals surface area contributed by atoms with Gasteiger partial charge in [0.1, 0.15) is 12.6 Å². The number of hydrogen-bond donors (Lipinski definition) is 0. The van der Waals surface area contributed by atoms with Crippen molar-refractivity contribution in [2.75, 3.05) is 13.6 Å². The lowest BCUT2D eigenvalue weighted by Crippen LogP contribution is -2.43. The van der Waals surface area contributed by atoms with Gasteiger partial charge in [-0.15, -0.1) is 0 Å². The van der Waals surface area contributed by atoms with Gasteiger partial charge in [-0.25, -0.2) is 0 Å². The van der Waals surface area contributed by atoms with Crippen molar-refractivity contribution >= 4 is 5.97 Å². The average Bonchev–Trinajstić information content (AvgIpc) is 2.52. The first kappa shape index (κ1) is 19.4. The molecule has 0 fully saturated rings. The summed E-state index contributed by atoms with van der Waals surface area (Å²) in [4.78, 5) is 14.6. The zero-order valence-corrected chi connectivity index (χ0v) is 15.2. The number of hydrogen-bond acceptors (Lipinski definition) is 3. The molecule has 0 aliphatic rings. The van der Waals surface area contributed by atoms with Crippen LogP contribution in [0.1, 0.15) is 46.1 Å². The van der Waals surface area contributed by atoms with Gasteiger partial charge in [-0.3, -0.25) is 9.69 Å². The largest absolute Gasteiger partial charge is 0.460 e. The fraction of sp³-hybridized carbons (Fsp3) is 0.550. The summed E-state index contributed by atoms with van der Waals surface area (Å²) in [6.45, 7) is 9.64. The quantitative estimate of drug-likeness (QED) is 0.498. The maximum Gasteiger partial charge on any atom is 0.323 e. The lowest BCUT2D eigenvalue weighted by atomic mass is 10.0. The van der Waals surface area contributed by atoms with E-state index in [1.807, 2.05) is 37.4 Å². The molecule has 0 N–H and O–H groups in total. The van der Waals surface area contributed by atoms with Crippen LogP contribution >= 0.6 is 0 Å². The van der Waals surface area contributed by atoms with E-state index in [1.54, 1.807) is 0 Å². The molecule has 3 heteroatoms. The molecule has 0 radical (unpaired) electrons. The normalized spacial score (nSPS) is 13.4. The van der Waals surface area contributed by atoms with Gasteiger partial charge in [0.2, 0.25) is 0 Å². The summed E-state index contributed by atoms with van der Waals surface area (Å²) in [7, 11) is 2.01. The van der Waals surface area contributed by atoms with Crippen molar-refractivity contribution in [1.29, 1.82) is 0 Å². The summed E-state index contributed by atoms with van der Waals surface area (Å²) in [6.07, 6.45) is 4.29. The molecular weight excluding hydrogens is 286 g/mol. The summed E-state index contributed by atoms with van der Waals surface area (Å²) in [5.41, 5.74) is 2.40. The van der Waals surface area contributed by atoms with Gasteiger partial charge in [-0.05, 0) is 38.3 Å². The Kier molecular flexibility index (Phi) is 8.64. The highest BCUT2D eigenvalue weighted by atomic mass is 16.5. The molecule has 0 saturated carbocycles. The van der Waals surface area contributed by atoms with Crippen LogP contribution in [0.25, 0.3) is 0 Å². The zero-order valence-electron chi connectivity index (χ0n) is 15.2. The van der Waals surface area contributed by atoms with Crippen LogP contribution in [0.5, 0.6) is 0 Å². The van der Waals surface area contributed by atoms with Crippen LogP contribution < -0.4 is 0 Å². The van der Waals surface area contributed by atoms with Gasteiger partial charge < -0.3 is 4.74 Å². The molecule has 1 atom stereocenters. The number of ether oxygens (including phenoxy) is 1. The van der Waals surface area contributed by atoms with Crippen molar-refractivity contribution in [2.24, 2.45) is 5.92 Å². The number of rotatable bonds is 9. The van der Waals surface area contributed by atoms with Gasteiger partial charge in [-0.2, -0.15) is 0 Å². The Morgan fingerprint density at radius 3 is 2.48 bits per heavy atom. The maximum absolute atomic E-state index is 12.5. The number of esters is 1. The lowest BCUT2D eigenvalue weighted by Gasteiger charge is -2.29. The van der Waals surface area contributed by atoms with Gasteiger partial charge in [-0.1, -0.05) is 62.8 Å². The Morgan fingerprint density at radius 1 is 1.26 bits per heavy atom. The van der Waals surface area contributed by atoms with Crippen LogP contribution in [-0.4, -0.2) is 30.5 Å². The number of benzene rings is 1. The highest BCUT2D eigenvalue weighted by Crippen LogP contribution is 2.14. The number of allylic oxidation sites excluding steroid dienone is 1. The van der Waals surface area contributed by atoms with Gasteiger partial charge in [0.15, 0.2) is 0 Å². The van der Waals surface area contributed by atoms with Gasteiger partial charge in [0.05, 0.1) is 0 Å². The van der Waals surface area contributed by atoms with Gasteiger partial charge in [0, 0.05) is 6.54 Å². The molecular formula is C20H31NO2. The SMILES string of the molecule is CCC=C(C)CCN(C)C(C(=O)OCc1ccccc1)C(C)C. The van der Waals surface area contributed by atoms with E-state index in [0.29, 0.717) is 6.61 Å². The van der Waals surface area contributed by atoms with E-state index in [1.165, 1.54) is 5.57 Å². The zero-order chi connectivity index (χ0) is 17.2. The molecule has 1 aromatic rings. The Hall–Kier alpha value is -1.61. The van der Waals surface area contributed by atoms with E-state index in [0.717, 1.165) is 24.9 Å². The lowest BCUT2D eigenvalue weighted by molar-refractivity contribution is -0.152. The molecule has 0 heterocycles. The fourth-order valence-corrected chi connectivity index (χ4v) is 2.72. The van der Waals surface area contributed by atoms with E-state index in [2.05, 4.69) is 38.7 Å². The molecule has 0 saturated heterocycles. The summed E-state index contributed by atoms with van der Waals surface area (Å²) in [6, 6.07) is 9.62. The van der Waals surface area contributed by atoms with Crippen molar-refractivity contribution in [3.05, 3.63) is 47.5 Å². The van der Waals surface area contributed by atoms with Crippen LogP contribution in [-0.2, 0) is 16.1 Å². The summed E-state index contributed by atoms with van der Waals surface area (Å²) in [5, 5.41) is 0. The monoisotopic (exact) mass is 317 g/mol. The third-order valence-electron chi connectivity index (χ3n) is 3.98. The molecule has 3 nitrogen and oxygen atoms in total. The number of carbonyl (C=O) groups excluding carboxylic acids is 1. The Bertz CT molecular complexity index is 494. The predicted molar refractivity (Wildman–Crippen MR) is 96.2 cm³/mol. The standard InChI is InChI=1S/C20H31NO2/c1-6-10-17(4)13-14-21(5)19(16(2)3)20(22)23-15-18-11-8-7-9-12-18/h7-12,16,19H,6,13-15H2,1-5H3. The Morgan fingerprint density at radius 2 is 1.91 bits per heavy atom. The summed E-state index contributed by atoms with van der Waals surface area (Å²) in [5.74, 6) is 0.0854. The highest BCUT2D eigenvalue weighted by Gasteiger charge is 2.27. The fourth-order valence-electron chi connectivity index (χ4n) is 2.72. The minimum atomic E-state index is -0.201. The van der Waals surface area contributed by atoms with Crippen LogP contribution in [0.15, 0.2) is 42.0 Å². The minimum Gasteiger partial charge on any atom is -0.460 e. The van der Waals surface area contributed by atoms with E-state index < -0.39 is 0 Å². The van der Waals surface area contributed by atoms with E-state index in [9.17, 15) is 4.79 Å². The number of likely N-dealkylation sites (N-methyl/N-ethyl adjacent to an activating group) is 1. The van der Waals surface area contributed by atoms with Crippen LogP contribution in [0.3, 0.4) is 0 Å². The number of nitrogens with zero attached hydrogens (tertiary/aromatic N) is 1. The first-order valence-corrected chi connectivity index (χ1v) is 8.52. The molecule has 0 bridgehead atoms. The van der Waals surface area contributed by atoms with Crippen molar-refractivity contribution in [1.82, 2.24) is 4.90 Å². The topological polar surface area (TPSA) is 29.5 Å². The van der Waals surface area contributed by atoms with Crippen molar-refractivity contribution in [3.63, 3.8) is 0 Å². The van der Waals surface area contributed by atoms with Crippen molar-refractivity contribution < 1.29 is 9.53 Å². The molecule has 0 amide bonds. The number of carbonyl (C=O) groups is 1. The molecule has 128 valence electrons. The van der Waals surface area contributed by atoms with Gasteiger partial charge in [0.25, 0.3) is 0 Å². The first-order valence-electron chi connectivity index (χ1n) is 8.52. The highest BCUT2D eigenvalue weighted by molar-refractivity contribution is 5.76. The van der Waals surface area contributed by atoms with E-state index in [-0.39, 0.29) is 17.9 Å². The third-order valence-corrected chi connectivity index (χ3v) is 3.98. The summed E-state index contributed by atoms with van der Waals surface area (Å²) >= 11 is 0. The van der Waals surface area contributed by atoms with Crippen molar-refractivity contribution in [3.8, 4) is 0 Å². The third kappa shape index (κ3) is 7.00. The molecule has 0 aliphatic carbocycles. The van der Waals surface area contributed by atoms with E-state index in [4.69, 9.17) is 4.74 Å². The van der Waals surface area contributed by atoms with Gasteiger partial charge >= 0.3 is 5.97 Å². The summed E-state index contributed by atoms with van der Waals surface area (Å²) < 4.78 is 5.53. The Labute approximate surface area is 141 Å². The molecule has 0 spiro atoms. The molecule has 23 heavy (non-hydrogen) atoms. The van der Waals surface area contributed by atoms with Crippen LogP contribution in [0.4, 0.5) is 0 Å². The first-order chi connectivity index (χ1) is 11.0. The second kappa shape index (κ2) is 10.2. The Balaban J connectivity index is 2.58. The second-order valence-electron chi connectivity index (χ2n) is 6.47. The van der Waals surface area contributed by atoms with Crippen LogP contribution in [0, 0.1) is 5.92 Å². The minimum absolute atomic E-state index is 0.136.